The highest BCUT2D eigenvalue weighted by molar-refractivity contribution is 5.79. The number of nitrogens with zero attached hydrogens (tertiary/aromatic N) is 1. The number of alkyl halides is 3. The molecule has 0 aromatic heterocycles. The normalized spacial score (nSPS) is 28.5. The first-order chi connectivity index (χ1) is 10.4. The number of carbonyl (C=O) groups is 1. The Labute approximate surface area is 128 Å². The van der Waals surface area contributed by atoms with E-state index in [2.05, 4.69) is 10.6 Å². The highest BCUT2D eigenvalue weighted by atomic mass is 19.4. The fourth-order valence-electron chi connectivity index (χ4n) is 3.44. The van der Waals surface area contributed by atoms with Crippen LogP contribution < -0.4 is 16.4 Å². The molecule has 1 heterocycles. The Balaban J connectivity index is 1.91. The van der Waals surface area contributed by atoms with E-state index in [9.17, 15) is 18.0 Å². The zero-order valence-electron chi connectivity index (χ0n) is 12.7. The van der Waals surface area contributed by atoms with Gasteiger partial charge < -0.3 is 16.4 Å². The number of halogens is 3. The van der Waals surface area contributed by atoms with Crippen molar-refractivity contribution in [2.24, 2.45) is 17.6 Å². The Kier molecular flexibility index (Phi) is 6.05. The van der Waals surface area contributed by atoms with Gasteiger partial charge in [0.2, 0.25) is 5.91 Å². The monoisotopic (exact) mass is 322 g/mol. The van der Waals surface area contributed by atoms with E-state index in [1.54, 1.807) is 0 Å². The first-order valence-electron chi connectivity index (χ1n) is 7.92. The van der Waals surface area contributed by atoms with Crippen molar-refractivity contribution in [1.29, 1.82) is 0 Å². The lowest BCUT2D eigenvalue weighted by Gasteiger charge is -2.36. The summed E-state index contributed by atoms with van der Waals surface area (Å²) in [4.78, 5) is 13.6. The van der Waals surface area contributed by atoms with Crippen LogP contribution in [-0.2, 0) is 4.79 Å². The van der Waals surface area contributed by atoms with Crippen LogP contribution >= 0.6 is 0 Å². The van der Waals surface area contributed by atoms with E-state index < -0.39 is 12.2 Å². The summed E-state index contributed by atoms with van der Waals surface area (Å²) in [6.07, 6.45) is -1.82. The van der Waals surface area contributed by atoms with Gasteiger partial charge in [0.25, 0.3) is 0 Å². The van der Waals surface area contributed by atoms with Crippen LogP contribution in [0, 0.1) is 11.8 Å². The lowest BCUT2D eigenvalue weighted by atomic mass is 9.95. The van der Waals surface area contributed by atoms with Gasteiger partial charge in [-0.3, -0.25) is 9.69 Å². The molecule has 1 saturated carbocycles. The Morgan fingerprint density at radius 2 is 2.00 bits per heavy atom. The number of nitrogens with two attached hydrogens (primary N) is 1. The zero-order chi connectivity index (χ0) is 16.2. The summed E-state index contributed by atoms with van der Waals surface area (Å²) >= 11 is 0. The summed E-state index contributed by atoms with van der Waals surface area (Å²) in [5.41, 5.74) is 5.63. The summed E-state index contributed by atoms with van der Waals surface area (Å²) in [7, 11) is 0. The Morgan fingerprint density at radius 3 is 2.59 bits per heavy atom. The van der Waals surface area contributed by atoms with Crippen LogP contribution in [0.1, 0.15) is 19.3 Å². The molecule has 0 bridgehead atoms. The molecule has 3 atom stereocenters. The molecule has 1 amide bonds. The molecule has 128 valence electrons. The molecule has 1 unspecified atom stereocenters. The molecule has 0 radical (unpaired) electrons. The molecular weight excluding hydrogens is 297 g/mol. The first-order valence-corrected chi connectivity index (χ1v) is 7.92. The first kappa shape index (κ1) is 17.5. The number of nitrogens with one attached hydrogen (secondary N) is 2. The maximum Gasteiger partial charge on any atom is 0.405 e. The molecule has 0 spiro atoms. The van der Waals surface area contributed by atoms with Crippen molar-refractivity contribution in [3.8, 4) is 0 Å². The molecule has 5 nitrogen and oxygen atoms in total. The van der Waals surface area contributed by atoms with E-state index in [4.69, 9.17) is 5.73 Å². The summed E-state index contributed by atoms with van der Waals surface area (Å²) in [6.45, 7) is 1.80. The third kappa shape index (κ3) is 4.33. The van der Waals surface area contributed by atoms with Crippen LogP contribution in [0.25, 0.3) is 0 Å². The zero-order valence-corrected chi connectivity index (χ0v) is 12.7. The van der Waals surface area contributed by atoms with E-state index in [1.807, 2.05) is 0 Å². The number of hydrogen-bond acceptors (Lipinski definition) is 4. The third-order valence-electron chi connectivity index (χ3n) is 4.74. The van der Waals surface area contributed by atoms with Crippen LogP contribution in [0.3, 0.4) is 0 Å². The van der Waals surface area contributed by atoms with E-state index in [1.165, 1.54) is 4.90 Å². The van der Waals surface area contributed by atoms with Gasteiger partial charge in [0.15, 0.2) is 0 Å². The summed E-state index contributed by atoms with van der Waals surface area (Å²) in [6, 6.07) is -1.61. The van der Waals surface area contributed by atoms with Crippen molar-refractivity contribution in [3.05, 3.63) is 0 Å². The van der Waals surface area contributed by atoms with E-state index in [0.29, 0.717) is 32.7 Å². The lowest BCUT2D eigenvalue weighted by molar-refractivity contribution is -0.184. The van der Waals surface area contributed by atoms with Crippen molar-refractivity contribution in [3.63, 3.8) is 0 Å². The molecule has 4 N–H and O–H groups in total. The molecule has 8 heteroatoms. The van der Waals surface area contributed by atoms with Crippen LogP contribution in [0.4, 0.5) is 13.2 Å². The Morgan fingerprint density at radius 1 is 1.32 bits per heavy atom. The predicted molar refractivity (Wildman–Crippen MR) is 77.2 cm³/mol. The minimum atomic E-state index is -4.34. The van der Waals surface area contributed by atoms with Gasteiger partial charge in [0.1, 0.15) is 6.04 Å². The lowest BCUT2D eigenvalue weighted by Crippen LogP contribution is -2.58. The summed E-state index contributed by atoms with van der Waals surface area (Å²) in [5, 5.41) is 5.55. The van der Waals surface area contributed by atoms with Crippen molar-refractivity contribution in [1.82, 2.24) is 15.5 Å². The maximum atomic E-state index is 13.2. The van der Waals surface area contributed by atoms with Gasteiger partial charge in [0.05, 0.1) is 0 Å². The third-order valence-corrected chi connectivity index (χ3v) is 4.74. The average Bonchev–Trinajstić information content (AvgIpc) is 2.95. The van der Waals surface area contributed by atoms with E-state index in [0.717, 1.165) is 19.3 Å². The summed E-state index contributed by atoms with van der Waals surface area (Å²) < 4.78 is 39.7. The van der Waals surface area contributed by atoms with Gasteiger partial charge >= 0.3 is 6.18 Å². The summed E-state index contributed by atoms with van der Waals surface area (Å²) in [5.74, 6) is -0.414. The maximum absolute atomic E-state index is 13.2. The molecule has 2 aliphatic rings. The molecule has 1 aliphatic carbocycles. The standard InChI is InChI=1S/C14H25F3N4O/c15-14(16,17)12(21-6-4-19-5-7-21)9-20-13(22)11-3-1-2-10(11)8-18/h10-12,19H,1-9,18H2,(H,20,22)/t10-,11-,12?/m1/s1. The number of rotatable bonds is 5. The van der Waals surface area contributed by atoms with Crippen LogP contribution in [0.2, 0.25) is 0 Å². The van der Waals surface area contributed by atoms with Gasteiger partial charge in [0, 0.05) is 38.6 Å². The minimum Gasteiger partial charge on any atom is -0.354 e. The van der Waals surface area contributed by atoms with E-state index >= 15 is 0 Å². The Hall–Kier alpha value is -0.860. The second-order valence-corrected chi connectivity index (χ2v) is 6.12. The number of hydrogen-bond donors (Lipinski definition) is 3. The molecule has 0 aromatic rings. The van der Waals surface area contributed by atoms with Crippen LogP contribution in [0.5, 0.6) is 0 Å². The molecule has 2 rings (SSSR count). The predicted octanol–water partition coefficient (Wildman–Crippen LogP) is 0.314. The largest absolute Gasteiger partial charge is 0.405 e. The SMILES string of the molecule is NC[C@H]1CCC[C@H]1C(=O)NCC(N1CCNCC1)C(F)(F)F. The minimum absolute atomic E-state index is 0.100. The highest BCUT2D eigenvalue weighted by Gasteiger charge is 2.44. The van der Waals surface area contributed by atoms with Gasteiger partial charge in [-0.1, -0.05) is 6.42 Å². The molecule has 22 heavy (non-hydrogen) atoms. The van der Waals surface area contributed by atoms with Gasteiger partial charge in [-0.15, -0.1) is 0 Å². The molecule has 0 aromatic carbocycles. The second-order valence-electron chi connectivity index (χ2n) is 6.12. The second kappa shape index (κ2) is 7.61. The van der Waals surface area contributed by atoms with Gasteiger partial charge in [-0.25, -0.2) is 0 Å². The van der Waals surface area contributed by atoms with Crippen LogP contribution in [0.15, 0.2) is 0 Å². The quantitative estimate of drug-likeness (QED) is 0.681. The highest BCUT2D eigenvalue weighted by Crippen LogP contribution is 2.31. The topological polar surface area (TPSA) is 70.4 Å². The number of piperazine rings is 1. The fraction of sp³-hybridized carbons (Fsp3) is 0.929. The van der Waals surface area contributed by atoms with Gasteiger partial charge in [-0.05, 0) is 25.3 Å². The fourth-order valence-corrected chi connectivity index (χ4v) is 3.44. The number of carbonyl (C=O) groups excluding carboxylic acids is 1. The van der Waals surface area contributed by atoms with E-state index in [-0.39, 0.29) is 24.3 Å². The average molecular weight is 322 g/mol. The Bertz CT molecular complexity index is 372. The van der Waals surface area contributed by atoms with Gasteiger partial charge in [-0.2, -0.15) is 13.2 Å². The smallest absolute Gasteiger partial charge is 0.354 e. The molecule has 2 fully saturated rings. The van der Waals surface area contributed by atoms with Crippen molar-refractivity contribution >= 4 is 5.91 Å². The van der Waals surface area contributed by atoms with Crippen molar-refractivity contribution in [2.45, 2.75) is 31.5 Å². The molecule has 1 aliphatic heterocycles. The molecular formula is C14H25F3N4O. The number of amides is 1. The van der Waals surface area contributed by atoms with Crippen molar-refractivity contribution < 1.29 is 18.0 Å². The van der Waals surface area contributed by atoms with Crippen LogP contribution in [-0.4, -0.2) is 62.3 Å². The van der Waals surface area contributed by atoms with Crippen molar-refractivity contribution in [2.75, 3.05) is 39.3 Å². The molecule has 1 saturated heterocycles.